The van der Waals surface area contributed by atoms with Crippen LogP contribution >= 0.6 is 0 Å². The van der Waals surface area contributed by atoms with Crippen LogP contribution in [0.2, 0.25) is 0 Å². The number of hydrogen-bond acceptors (Lipinski definition) is 7. The predicted molar refractivity (Wildman–Crippen MR) is 193 cm³/mol. The van der Waals surface area contributed by atoms with Gasteiger partial charge in [0, 0.05) is 29.6 Å². The number of carbonyl (C=O) groups excluding carboxylic acids is 1. The molecule has 6 rings (SSSR count). The lowest BCUT2D eigenvalue weighted by molar-refractivity contribution is -0.137. The van der Waals surface area contributed by atoms with Crippen molar-refractivity contribution in [3.63, 3.8) is 0 Å². The average molecular weight is 638 g/mol. The van der Waals surface area contributed by atoms with Gasteiger partial charge in [-0.3, -0.25) is 0 Å². The fourth-order valence-corrected chi connectivity index (χ4v) is 5.22. The Hall–Kier alpha value is -5.50. The second kappa shape index (κ2) is 16.4. The van der Waals surface area contributed by atoms with Crippen molar-refractivity contribution >= 4 is 40.6 Å². The lowest BCUT2D eigenvalue weighted by atomic mass is 10.1. The second-order valence-corrected chi connectivity index (χ2v) is 11.4. The lowest BCUT2D eigenvalue weighted by Gasteiger charge is -2.26. The molecule has 242 valence electrons. The second-order valence-electron chi connectivity index (χ2n) is 11.4. The Morgan fingerprint density at radius 3 is 1.71 bits per heavy atom. The van der Waals surface area contributed by atoms with E-state index in [-0.39, 0.29) is 6.10 Å². The van der Waals surface area contributed by atoms with Crippen molar-refractivity contribution in [3.05, 3.63) is 163 Å². The van der Waals surface area contributed by atoms with Gasteiger partial charge in [0.15, 0.2) is 0 Å². The van der Waals surface area contributed by atoms with Gasteiger partial charge in [-0.05, 0) is 83.8 Å². The van der Waals surface area contributed by atoms with Crippen LogP contribution in [0.5, 0.6) is 0 Å². The van der Waals surface area contributed by atoms with Crippen LogP contribution in [0.25, 0.3) is 0 Å². The summed E-state index contributed by atoms with van der Waals surface area (Å²) in [4.78, 5) is 13.7. The molecule has 1 aliphatic rings. The SMILES string of the molecule is C=CC(=O)OCCc1ccc(N(c2ccc(C=NN(c3ccccc3)c3ccccc3)cc2)c2ccc(CCOCC3CO3)cc2)cc1. The molecule has 0 spiro atoms. The number of anilines is 5. The first-order valence-electron chi connectivity index (χ1n) is 16.2. The molecule has 5 aromatic rings. The zero-order chi connectivity index (χ0) is 33.0. The smallest absolute Gasteiger partial charge is 0.330 e. The minimum Gasteiger partial charge on any atom is -0.462 e. The third-order valence-corrected chi connectivity index (χ3v) is 7.91. The van der Waals surface area contributed by atoms with E-state index in [4.69, 9.17) is 19.3 Å². The van der Waals surface area contributed by atoms with Crippen LogP contribution in [-0.2, 0) is 31.8 Å². The van der Waals surface area contributed by atoms with Crippen LogP contribution in [0.4, 0.5) is 28.4 Å². The molecule has 0 aliphatic carbocycles. The Kier molecular flexibility index (Phi) is 11.1. The van der Waals surface area contributed by atoms with E-state index in [1.807, 2.05) is 71.9 Å². The van der Waals surface area contributed by atoms with Crippen LogP contribution in [-0.4, -0.2) is 44.7 Å². The largest absolute Gasteiger partial charge is 0.462 e. The highest BCUT2D eigenvalue weighted by atomic mass is 16.6. The Labute approximate surface area is 282 Å². The van der Waals surface area contributed by atoms with Crippen molar-refractivity contribution in [1.29, 1.82) is 0 Å². The number of carbonyl (C=O) groups is 1. The van der Waals surface area contributed by atoms with Gasteiger partial charge in [0.1, 0.15) is 6.10 Å². The van der Waals surface area contributed by atoms with E-state index in [0.717, 1.165) is 52.6 Å². The zero-order valence-corrected chi connectivity index (χ0v) is 26.9. The average Bonchev–Trinajstić information content (AvgIpc) is 3.98. The van der Waals surface area contributed by atoms with Gasteiger partial charge in [0.05, 0.1) is 44.0 Å². The molecule has 7 nitrogen and oxygen atoms in total. The molecule has 0 amide bonds. The summed E-state index contributed by atoms with van der Waals surface area (Å²) in [6.07, 6.45) is 4.81. The van der Waals surface area contributed by atoms with E-state index < -0.39 is 5.97 Å². The quantitative estimate of drug-likeness (QED) is 0.0270. The van der Waals surface area contributed by atoms with Gasteiger partial charge < -0.3 is 19.1 Å². The summed E-state index contributed by atoms with van der Waals surface area (Å²) in [6, 6.07) is 45.6. The molecule has 0 bridgehead atoms. The van der Waals surface area contributed by atoms with Crippen molar-refractivity contribution in [2.24, 2.45) is 5.10 Å². The lowest BCUT2D eigenvalue weighted by Crippen LogP contribution is -2.11. The van der Waals surface area contributed by atoms with E-state index in [2.05, 4.69) is 84.3 Å². The van der Waals surface area contributed by atoms with Crippen LogP contribution < -0.4 is 9.91 Å². The number of rotatable bonds is 16. The normalized spacial score (nSPS) is 13.6. The molecule has 1 heterocycles. The molecule has 0 radical (unpaired) electrons. The third-order valence-electron chi connectivity index (χ3n) is 7.91. The van der Waals surface area contributed by atoms with E-state index in [1.165, 1.54) is 11.6 Å². The van der Waals surface area contributed by atoms with Gasteiger partial charge in [0.25, 0.3) is 0 Å². The molecule has 7 heteroatoms. The maximum atomic E-state index is 11.4. The fourth-order valence-electron chi connectivity index (χ4n) is 5.22. The van der Waals surface area contributed by atoms with Crippen molar-refractivity contribution in [3.8, 4) is 0 Å². The van der Waals surface area contributed by atoms with Gasteiger partial charge in [-0.15, -0.1) is 0 Å². The van der Waals surface area contributed by atoms with Crippen LogP contribution in [0.1, 0.15) is 16.7 Å². The van der Waals surface area contributed by atoms with Crippen molar-refractivity contribution in [1.82, 2.24) is 0 Å². The summed E-state index contributed by atoms with van der Waals surface area (Å²) in [7, 11) is 0. The van der Waals surface area contributed by atoms with E-state index in [0.29, 0.717) is 26.2 Å². The molecule has 1 aliphatic heterocycles. The number of hydrazone groups is 1. The molecule has 0 aromatic heterocycles. The monoisotopic (exact) mass is 637 g/mol. The first-order valence-corrected chi connectivity index (χ1v) is 16.2. The molecule has 1 fully saturated rings. The minimum absolute atomic E-state index is 0.277. The zero-order valence-electron chi connectivity index (χ0n) is 26.9. The molecular weight excluding hydrogens is 598 g/mol. The molecule has 1 atom stereocenters. The van der Waals surface area contributed by atoms with Crippen LogP contribution in [0.3, 0.4) is 0 Å². The Morgan fingerprint density at radius 2 is 1.21 bits per heavy atom. The summed E-state index contributed by atoms with van der Waals surface area (Å²) in [5, 5.41) is 6.81. The topological polar surface area (TPSA) is 66.9 Å². The van der Waals surface area contributed by atoms with Gasteiger partial charge >= 0.3 is 5.97 Å². The van der Waals surface area contributed by atoms with Gasteiger partial charge in [-0.2, -0.15) is 5.10 Å². The Balaban J connectivity index is 1.22. The van der Waals surface area contributed by atoms with Gasteiger partial charge in [0.2, 0.25) is 0 Å². The molecule has 0 saturated carbocycles. The molecule has 0 N–H and O–H groups in total. The molecule has 48 heavy (non-hydrogen) atoms. The van der Waals surface area contributed by atoms with Crippen molar-refractivity contribution in [2.45, 2.75) is 18.9 Å². The maximum Gasteiger partial charge on any atom is 0.330 e. The van der Waals surface area contributed by atoms with Gasteiger partial charge in [-0.25, -0.2) is 9.80 Å². The summed E-state index contributed by atoms with van der Waals surface area (Å²) in [5.74, 6) is -0.411. The number of esters is 1. The Morgan fingerprint density at radius 1 is 0.708 bits per heavy atom. The minimum atomic E-state index is -0.411. The van der Waals surface area contributed by atoms with Crippen molar-refractivity contribution in [2.75, 3.05) is 36.3 Å². The highest BCUT2D eigenvalue weighted by molar-refractivity contribution is 5.84. The summed E-state index contributed by atoms with van der Waals surface area (Å²) >= 11 is 0. The fraction of sp³-hybridized carbons (Fsp3) is 0.171. The maximum absolute atomic E-state index is 11.4. The molecule has 1 saturated heterocycles. The summed E-state index contributed by atoms with van der Waals surface area (Å²) in [5.41, 5.74) is 8.31. The number of hydrogen-bond donors (Lipinski definition) is 0. The summed E-state index contributed by atoms with van der Waals surface area (Å²) in [6.45, 7) is 5.90. The first-order chi connectivity index (χ1) is 23.7. The number of epoxide rings is 1. The standard InChI is InChI=1S/C41H39N3O4/c1-2-41(45)47-28-26-33-15-21-36(22-16-33)43(35-19-13-32(14-20-35)25-27-46-30-40-31-48-40)37-23-17-34(18-24-37)29-42-44(38-9-5-3-6-10-38)39-11-7-4-8-12-39/h2-24,29,40H,1,25-28,30-31H2. The number of benzene rings is 5. The first kappa shape index (κ1) is 32.4. The predicted octanol–water partition coefficient (Wildman–Crippen LogP) is 8.56. The summed E-state index contributed by atoms with van der Waals surface area (Å²) < 4.78 is 16.2. The van der Waals surface area contributed by atoms with E-state index in [9.17, 15) is 4.79 Å². The molecule has 5 aromatic carbocycles. The van der Waals surface area contributed by atoms with Crippen LogP contribution in [0, 0.1) is 0 Å². The van der Waals surface area contributed by atoms with Crippen molar-refractivity contribution < 1.29 is 19.0 Å². The van der Waals surface area contributed by atoms with Crippen LogP contribution in [0.15, 0.2) is 151 Å². The van der Waals surface area contributed by atoms with E-state index in [1.54, 1.807) is 0 Å². The highest BCUT2D eigenvalue weighted by Crippen LogP contribution is 2.35. The Bertz CT molecular complexity index is 1730. The number of ether oxygens (including phenoxy) is 3. The number of nitrogens with zero attached hydrogens (tertiary/aromatic N) is 3. The molecular formula is C41H39N3O4. The molecule has 1 unspecified atom stereocenters. The third kappa shape index (κ3) is 9.06. The van der Waals surface area contributed by atoms with Gasteiger partial charge in [-0.1, -0.05) is 79.4 Å². The van der Waals surface area contributed by atoms with E-state index >= 15 is 0 Å². The highest BCUT2D eigenvalue weighted by Gasteiger charge is 2.22. The number of para-hydroxylation sites is 2.